The van der Waals surface area contributed by atoms with E-state index in [0.29, 0.717) is 11.1 Å². The van der Waals surface area contributed by atoms with E-state index in [1.165, 1.54) is 20.3 Å². The molecule has 0 amide bonds. The molecule has 2 rings (SSSR count). The van der Waals surface area contributed by atoms with E-state index in [-0.39, 0.29) is 25.2 Å². The number of ketones is 1. The van der Waals surface area contributed by atoms with E-state index < -0.39 is 41.9 Å². The molecule has 0 aromatic heterocycles. The molecule has 0 fully saturated rings. The van der Waals surface area contributed by atoms with Gasteiger partial charge in [-0.2, -0.15) is 0 Å². The lowest BCUT2D eigenvalue weighted by Crippen LogP contribution is -2.46. The van der Waals surface area contributed by atoms with Gasteiger partial charge >= 0.3 is 5.97 Å². The van der Waals surface area contributed by atoms with Gasteiger partial charge in [0.1, 0.15) is 18.3 Å². The number of methoxy groups -OCH3 is 2. The molecule has 0 radical (unpaired) electrons. The third-order valence-corrected chi connectivity index (χ3v) is 7.02. The van der Waals surface area contributed by atoms with Crippen molar-refractivity contribution in [2.75, 3.05) is 14.2 Å². The molecule has 7 nitrogen and oxygen atoms in total. The molecular weight excluding hydrogens is 496 g/mol. The summed E-state index contributed by atoms with van der Waals surface area (Å²) < 4.78 is 23.0. The van der Waals surface area contributed by atoms with Crippen LogP contribution in [0.5, 0.6) is 0 Å². The molecule has 0 aliphatic rings. The molecule has 0 saturated carbocycles. The number of esters is 1. The first-order valence-corrected chi connectivity index (χ1v) is 13.0. The van der Waals surface area contributed by atoms with Gasteiger partial charge in [0.2, 0.25) is 0 Å². The topological polar surface area (TPSA) is 91.3 Å². The van der Waals surface area contributed by atoms with E-state index >= 15 is 0 Å². The second-order valence-corrected chi connectivity index (χ2v) is 10.1. The van der Waals surface area contributed by atoms with Gasteiger partial charge in [0.05, 0.1) is 24.4 Å². The molecule has 0 saturated heterocycles. The summed E-state index contributed by atoms with van der Waals surface area (Å²) in [6, 6.07) is 18.1. The Hall–Kier alpha value is -3.10. The summed E-state index contributed by atoms with van der Waals surface area (Å²) in [6.07, 6.45) is -2.46. The van der Waals surface area contributed by atoms with E-state index in [0.717, 1.165) is 5.56 Å². The maximum absolute atomic E-state index is 13.7. The van der Waals surface area contributed by atoms with Gasteiger partial charge in [-0.25, -0.2) is 4.79 Å². The van der Waals surface area contributed by atoms with Crippen molar-refractivity contribution in [2.45, 2.75) is 70.7 Å². The maximum atomic E-state index is 13.7. The fraction of sp³-hybridized carbons (Fsp3) is 0.438. The number of allylic oxidation sites excluding steroid dienone is 1. The maximum Gasteiger partial charge on any atom is 0.338 e. The summed E-state index contributed by atoms with van der Waals surface area (Å²) in [5.41, 5.74) is 1.14. The number of carbonyl (C=O) groups excluding carboxylic acids is 2. The predicted octanol–water partition coefficient (Wildman–Crippen LogP) is 5.33. The van der Waals surface area contributed by atoms with E-state index in [9.17, 15) is 14.7 Å². The molecule has 0 aliphatic carbocycles. The highest BCUT2D eigenvalue weighted by Crippen LogP contribution is 2.31. The number of aliphatic hydroxyl groups excluding tert-OH is 1. The number of rotatable bonds is 17. The van der Waals surface area contributed by atoms with Gasteiger partial charge in [-0.15, -0.1) is 0 Å². The Morgan fingerprint density at radius 3 is 2.00 bits per heavy atom. The molecule has 212 valence electrons. The molecule has 7 heteroatoms. The number of ether oxygens (including phenoxy) is 4. The Kier molecular flexibility index (Phi) is 12.7. The average molecular weight is 539 g/mol. The van der Waals surface area contributed by atoms with Crippen LogP contribution in [-0.2, 0) is 30.3 Å². The Balaban J connectivity index is 2.16. The van der Waals surface area contributed by atoms with Crippen molar-refractivity contribution in [1.82, 2.24) is 0 Å². The summed E-state index contributed by atoms with van der Waals surface area (Å²) >= 11 is 0. The largest absolute Gasteiger partial charge is 0.452 e. The Bertz CT molecular complexity index is 1060. The molecular formula is C32H42O7. The molecule has 0 bridgehead atoms. The second kappa shape index (κ2) is 15.5. The zero-order chi connectivity index (χ0) is 29.0. The van der Waals surface area contributed by atoms with E-state index in [4.69, 9.17) is 18.9 Å². The van der Waals surface area contributed by atoms with Crippen molar-refractivity contribution >= 4 is 11.8 Å². The van der Waals surface area contributed by atoms with Crippen molar-refractivity contribution in [2.24, 2.45) is 5.41 Å². The minimum atomic E-state index is -0.957. The van der Waals surface area contributed by atoms with Crippen LogP contribution in [0, 0.1) is 5.41 Å². The fourth-order valence-electron chi connectivity index (χ4n) is 4.06. The van der Waals surface area contributed by atoms with Crippen LogP contribution < -0.4 is 0 Å². The van der Waals surface area contributed by atoms with Crippen LogP contribution in [0.4, 0.5) is 0 Å². The van der Waals surface area contributed by atoms with Crippen molar-refractivity contribution in [3.05, 3.63) is 96.6 Å². The van der Waals surface area contributed by atoms with Gasteiger partial charge < -0.3 is 24.1 Å². The van der Waals surface area contributed by atoms with Crippen molar-refractivity contribution in [1.29, 1.82) is 0 Å². The zero-order valence-electron chi connectivity index (χ0n) is 23.7. The minimum Gasteiger partial charge on any atom is -0.452 e. The van der Waals surface area contributed by atoms with Gasteiger partial charge in [-0.05, 0) is 44.5 Å². The number of carbonyl (C=O) groups is 2. The summed E-state index contributed by atoms with van der Waals surface area (Å²) in [5.74, 6) is -0.706. The molecule has 0 spiro atoms. The van der Waals surface area contributed by atoms with E-state index in [1.807, 2.05) is 30.3 Å². The highest BCUT2D eigenvalue weighted by atomic mass is 16.6. The molecule has 39 heavy (non-hydrogen) atoms. The van der Waals surface area contributed by atoms with Gasteiger partial charge in [0, 0.05) is 32.5 Å². The quantitative estimate of drug-likeness (QED) is 0.215. The first-order valence-electron chi connectivity index (χ1n) is 13.0. The zero-order valence-corrected chi connectivity index (χ0v) is 23.7. The molecule has 0 unspecified atom stereocenters. The summed E-state index contributed by atoms with van der Waals surface area (Å²) in [7, 11) is 2.96. The lowest BCUT2D eigenvalue weighted by atomic mass is 9.77. The Labute approximate surface area is 232 Å². The number of Topliss-reactive ketones (excluding diaryl/α,β-unsaturated/α-hetero) is 1. The van der Waals surface area contributed by atoms with E-state index in [1.54, 1.807) is 51.1 Å². The van der Waals surface area contributed by atoms with E-state index in [2.05, 4.69) is 13.2 Å². The van der Waals surface area contributed by atoms with Gasteiger partial charge in [-0.1, -0.05) is 67.3 Å². The average Bonchev–Trinajstić information content (AvgIpc) is 2.94. The van der Waals surface area contributed by atoms with Crippen molar-refractivity contribution in [3.8, 4) is 0 Å². The van der Waals surface area contributed by atoms with Crippen LogP contribution in [0.15, 0.2) is 85.5 Å². The third-order valence-electron chi connectivity index (χ3n) is 7.02. The Morgan fingerprint density at radius 1 is 0.949 bits per heavy atom. The van der Waals surface area contributed by atoms with Crippen molar-refractivity contribution in [3.63, 3.8) is 0 Å². The van der Waals surface area contributed by atoms with Crippen LogP contribution >= 0.6 is 0 Å². The minimum absolute atomic E-state index is 0.0876. The smallest absolute Gasteiger partial charge is 0.338 e. The first kappa shape index (κ1) is 32.1. The number of benzene rings is 2. The van der Waals surface area contributed by atoms with Crippen LogP contribution in [0.3, 0.4) is 0 Å². The molecule has 0 heterocycles. The summed E-state index contributed by atoms with van der Waals surface area (Å²) in [6.45, 7) is 13.4. The lowest BCUT2D eigenvalue weighted by Gasteiger charge is -2.34. The SMILES string of the molecule is C=C[C@@H](OC(=O)c1ccccc1)[C@@H](C[C@H](O)C[C@@H](OC)[C@@H](OCc1ccccc1)C(=O)C(C)(C)C(=C)C)OC. The van der Waals surface area contributed by atoms with Crippen LogP contribution in [0.25, 0.3) is 0 Å². The normalized spacial score (nSPS) is 15.4. The Morgan fingerprint density at radius 2 is 1.49 bits per heavy atom. The standard InChI is InChI=1S/C32H42O7/c1-8-26(39-31(35)24-17-13-10-14-18-24)27(36-6)19-25(33)20-28(37-7)29(30(34)32(4,5)22(2)3)38-21-23-15-11-9-12-16-23/h8-18,25-29,33H,1-2,19-21H2,3-7H3/t25-,26+,27+,28+,29+/m0/s1. The summed E-state index contributed by atoms with van der Waals surface area (Å²) in [4.78, 5) is 26.2. The predicted molar refractivity (Wildman–Crippen MR) is 151 cm³/mol. The second-order valence-electron chi connectivity index (χ2n) is 10.1. The van der Waals surface area contributed by atoms with Crippen LogP contribution in [-0.4, -0.2) is 61.6 Å². The van der Waals surface area contributed by atoms with Crippen molar-refractivity contribution < 1.29 is 33.6 Å². The first-order chi connectivity index (χ1) is 18.5. The number of hydrogen-bond acceptors (Lipinski definition) is 7. The monoisotopic (exact) mass is 538 g/mol. The lowest BCUT2D eigenvalue weighted by molar-refractivity contribution is -0.151. The van der Waals surface area contributed by atoms with Gasteiger partial charge in [0.25, 0.3) is 0 Å². The third kappa shape index (κ3) is 9.25. The number of hydrogen-bond donors (Lipinski definition) is 1. The highest BCUT2D eigenvalue weighted by molar-refractivity contribution is 5.91. The number of aliphatic hydroxyl groups is 1. The molecule has 0 aliphatic heterocycles. The summed E-state index contributed by atoms with van der Waals surface area (Å²) in [5, 5.41) is 11.1. The van der Waals surface area contributed by atoms with Crippen LogP contribution in [0.1, 0.15) is 49.5 Å². The molecule has 1 N–H and O–H groups in total. The van der Waals surface area contributed by atoms with Gasteiger partial charge in [-0.3, -0.25) is 4.79 Å². The fourth-order valence-corrected chi connectivity index (χ4v) is 4.06. The van der Waals surface area contributed by atoms with Crippen LogP contribution in [0.2, 0.25) is 0 Å². The van der Waals surface area contributed by atoms with Gasteiger partial charge in [0.15, 0.2) is 5.78 Å². The highest BCUT2D eigenvalue weighted by Gasteiger charge is 2.40. The molecule has 2 aromatic carbocycles. The molecule has 5 atom stereocenters. The molecule has 2 aromatic rings.